The van der Waals surface area contributed by atoms with Crippen LogP contribution in [0.1, 0.15) is 31.2 Å². The van der Waals surface area contributed by atoms with Crippen molar-refractivity contribution in [2.45, 2.75) is 30.6 Å². The summed E-state index contributed by atoms with van der Waals surface area (Å²) in [5, 5.41) is 0. The fraction of sp³-hybridized carbons (Fsp3) is 0.333. The molecule has 0 saturated heterocycles. The summed E-state index contributed by atoms with van der Waals surface area (Å²) in [5.41, 5.74) is 2.63. The third kappa shape index (κ3) is 1.04. The predicted octanol–water partition coefficient (Wildman–Crippen LogP) is 3.09. The van der Waals surface area contributed by atoms with Crippen molar-refractivity contribution in [3.8, 4) is 0 Å². The van der Waals surface area contributed by atoms with Crippen LogP contribution in [0.15, 0.2) is 34.1 Å². The van der Waals surface area contributed by atoms with Crippen LogP contribution in [0.4, 0.5) is 0 Å². The van der Waals surface area contributed by atoms with E-state index in [2.05, 4.69) is 6.07 Å². The van der Waals surface area contributed by atoms with Crippen molar-refractivity contribution in [1.82, 2.24) is 0 Å². The van der Waals surface area contributed by atoms with Crippen molar-refractivity contribution in [2.75, 3.05) is 0 Å². The van der Waals surface area contributed by atoms with Crippen LogP contribution >= 0.6 is 0 Å². The SMILES string of the molecule is O=S1C2=C(CCCC2)c2ccccc21. The largest absolute Gasteiger partial charge is 0.249 e. The summed E-state index contributed by atoms with van der Waals surface area (Å²) < 4.78 is 12.1. The van der Waals surface area contributed by atoms with E-state index in [-0.39, 0.29) is 0 Å². The van der Waals surface area contributed by atoms with Crippen molar-refractivity contribution in [3.05, 3.63) is 34.7 Å². The maximum absolute atomic E-state index is 12.1. The Morgan fingerprint density at radius 2 is 1.86 bits per heavy atom. The molecule has 1 unspecified atom stereocenters. The lowest BCUT2D eigenvalue weighted by molar-refractivity contribution is 0.681. The van der Waals surface area contributed by atoms with Gasteiger partial charge in [-0.15, -0.1) is 0 Å². The van der Waals surface area contributed by atoms with Crippen molar-refractivity contribution in [1.29, 1.82) is 0 Å². The number of benzene rings is 1. The molecule has 0 amide bonds. The highest BCUT2D eigenvalue weighted by molar-refractivity contribution is 7.89. The highest BCUT2D eigenvalue weighted by atomic mass is 32.2. The molecule has 14 heavy (non-hydrogen) atoms. The fourth-order valence-electron chi connectivity index (χ4n) is 2.38. The summed E-state index contributed by atoms with van der Waals surface area (Å²) in [6, 6.07) is 8.14. The molecule has 1 aromatic carbocycles. The van der Waals surface area contributed by atoms with Gasteiger partial charge in [-0.05, 0) is 42.9 Å². The molecule has 1 aliphatic heterocycles. The first-order valence-corrected chi connectivity index (χ1v) is 6.26. The second-order valence-electron chi connectivity index (χ2n) is 3.87. The van der Waals surface area contributed by atoms with E-state index in [1.54, 1.807) is 0 Å². The number of hydrogen-bond acceptors (Lipinski definition) is 1. The van der Waals surface area contributed by atoms with E-state index in [1.165, 1.54) is 28.9 Å². The minimum absolute atomic E-state index is 0.835. The highest BCUT2D eigenvalue weighted by Crippen LogP contribution is 2.43. The van der Waals surface area contributed by atoms with Gasteiger partial charge in [-0.2, -0.15) is 0 Å². The van der Waals surface area contributed by atoms with Gasteiger partial charge in [-0.3, -0.25) is 0 Å². The molecule has 1 aliphatic carbocycles. The van der Waals surface area contributed by atoms with E-state index in [0.29, 0.717) is 0 Å². The third-order valence-electron chi connectivity index (χ3n) is 3.05. The van der Waals surface area contributed by atoms with Crippen LogP contribution in [-0.4, -0.2) is 4.21 Å². The van der Waals surface area contributed by atoms with Gasteiger partial charge in [0.05, 0.1) is 15.7 Å². The first-order valence-electron chi connectivity index (χ1n) is 5.11. The number of fused-ring (bicyclic) bond motifs is 2. The zero-order chi connectivity index (χ0) is 9.54. The summed E-state index contributed by atoms with van der Waals surface area (Å²) in [6.45, 7) is 0. The molecular formula is C12H12OS. The van der Waals surface area contributed by atoms with E-state index in [4.69, 9.17) is 0 Å². The number of allylic oxidation sites excluding steroid dienone is 2. The van der Waals surface area contributed by atoms with Gasteiger partial charge in [0.15, 0.2) is 0 Å². The third-order valence-corrected chi connectivity index (χ3v) is 4.71. The van der Waals surface area contributed by atoms with Crippen LogP contribution in [-0.2, 0) is 10.8 Å². The molecule has 1 atom stereocenters. The van der Waals surface area contributed by atoms with Gasteiger partial charge < -0.3 is 0 Å². The first-order chi connectivity index (χ1) is 6.88. The number of hydrogen-bond donors (Lipinski definition) is 0. The molecule has 0 bridgehead atoms. The standard InChI is InChI=1S/C12H12OS/c13-14-11-7-3-1-5-9(11)10-6-2-4-8-12(10)14/h1,3,5,7H,2,4,6,8H2. The Morgan fingerprint density at radius 3 is 2.79 bits per heavy atom. The van der Waals surface area contributed by atoms with Crippen molar-refractivity contribution in [2.24, 2.45) is 0 Å². The summed E-state index contributed by atoms with van der Waals surface area (Å²) in [7, 11) is -0.835. The fourth-order valence-corrected chi connectivity index (χ4v) is 4.00. The molecule has 0 fully saturated rings. The van der Waals surface area contributed by atoms with Gasteiger partial charge in [-0.25, -0.2) is 4.21 Å². The lowest BCUT2D eigenvalue weighted by atomic mass is 9.94. The molecule has 0 radical (unpaired) electrons. The van der Waals surface area contributed by atoms with Crippen LogP contribution in [0.2, 0.25) is 0 Å². The van der Waals surface area contributed by atoms with E-state index < -0.39 is 10.8 Å². The second-order valence-corrected chi connectivity index (χ2v) is 5.34. The van der Waals surface area contributed by atoms with Crippen molar-refractivity contribution < 1.29 is 4.21 Å². The van der Waals surface area contributed by atoms with Crippen LogP contribution in [0.3, 0.4) is 0 Å². The summed E-state index contributed by atoms with van der Waals surface area (Å²) >= 11 is 0. The van der Waals surface area contributed by atoms with Crippen LogP contribution < -0.4 is 0 Å². The van der Waals surface area contributed by atoms with Gasteiger partial charge in [0, 0.05) is 4.91 Å². The highest BCUT2D eigenvalue weighted by Gasteiger charge is 2.29. The predicted molar refractivity (Wildman–Crippen MR) is 58.2 cm³/mol. The van der Waals surface area contributed by atoms with Gasteiger partial charge in [-0.1, -0.05) is 18.2 Å². The maximum Gasteiger partial charge on any atom is 0.0817 e. The van der Waals surface area contributed by atoms with Crippen molar-refractivity contribution in [3.63, 3.8) is 0 Å². The van der Waals surface area contributed by atoms with Gasteiger partial charge >= 0.3 is 0 Å². The van der Waals surface area contributed by atoms with E-state index >= 15 is 0 Å². The molecule has 3 rings (SSSR count). The van der Waals surface area contributed by atoms with Gasteiger partial charge in [0.2, 0.25) is 0 Å². The van der Waals surface area contributed by atoms with E-state index in [9.17, 15) is 4.21 Å². The molecule has 1 heterocycles. The average Bonchev–Trinajstić information content (AvgIpc) is 2.55. The van der Waals surface area contributed by atoms with Crippen molar-refractivity contribution >= 4 is 16.4 Å². The Labute approximate surface area is 86.3 Å². The molecule has 1 nitrogen and oxygen atoms in total. The van der Waals surface area contributed by atoms with E-state index in [0.717, 1.165) is 17.7 Å². The molecule has 0 N–H and O–H groups in total. The van der Waals surface area contributed by atoms with E-state index in [1.807, 2.05) is 18.2 Å². The minimum Gasteiger partial charge on any atom is -0.249 e. The lowest BCUT2D eigenvalue weighted by Crippen LogP contribution is -1.96. The molecule has 0 aromatic heterocycles. The Morgan fingerprint density at radius 1 is 1.07 bits per heavy atom. The van der Waals surface area contributed by atoms with Crippen LogP contribution in [0.5, 0.6) is 0 Å². The van der Waals surface area contributed by atoms with Crippen LogP contribution in [0, 0.1) is 0 Å². The molecular weight excluding hydrogens is 192 g/mol. The summed E-state index contributed by atoms with van der Waals surface area (Å²) in [5.74, 6) is 0. The molecule has 0 spiro atoms. The first kappa shape index (κ1) is 8.42. The zero-order valence-electron chi connectivity index (χ0n) is 7.95. The smallest absolute Gasteiger partial charge is 0.0817 e. The minimum atomic E-state index is -0.835. The molecule has 2 aliphatic rings. The van der Waals surface area contributed by atoms with Gasteiger partial charge in [0.1, 0.15) is 0 Å². The Bertz CT molecular complexity index is 445. The Kier molecular flexibility index (Phi) is 1.84. The number of rotatable bonds is 0. The Hall–Kier alpha value is -0.890. The summed E-state index contributed by atoms with van der Waals surface area (Å²) in [4.78, 5) is 2.25. The Balaban J connectivity index is 2.23. The molecule has 2 heteroatoms. The van der Waals surface area contributed by atoms with Crippen LogP contribution in [0.25, 0.3) is 5.57 Å². The van der Waals surface area contributed by atoms with Gasteiger partial charge in [0.25, 0.3) is 0 Å². The monoisotopic (exact) mass is 204 g/mol. The lowest BCUT2D eigenvalue weighted by Gasteiger charge is -2.12. The average molecular weight is 204 g/mol. The molecule has 72 valence electrons. The zero-order valence-corrected chi connectivity index (χ0v) is 8.77. The normalized spacial score (nSPS) is 24.7. The molecule has 0 saturated carbocycles. The second kappa shape index (κ2) is 3.06. The maximum atomic E-state index is 12.1. The topological polar surface area (TPSA) is 17.1 Å². The quantitative estimate of drug-likeness (QED) is 0.634. The molecule has 1 aromatic rings. The summed E-state index contributed by atoms with van der Waals surface area (Å²) in [6.07, 6.45) is 4.62.